The molecule has 2 aliphatic rings. The van der Waals surface area contributed by atoms with Crippen LogP contribution in [0.3, 0.4) is 0 Å². The van der Waals surface area contributed by atoms with Crippen LogP contribution in [-0.2, 0) is 4.79 Å². The first kappa shape index (κ1) is 23.5. The van der Waals surface area contributed by atoms with Crippen LogP contribution in [0.5, 0.6) is 5.88 Å². The predicted octanol–water partition coefficient (Wildman–Crippen LogP) is 3.83. The number of aromatic nitrogens is 1. The van der Waals surface area contributed by atoms with Gasteiger partial charge in [0.15, 0.2) is 0 Å². The van der Waals surface area contributed by atoms with Crippen LogP contribution in [0.15, 0.2) is 36.5 Å². The second-order valence-corrected chi connectivity index (χ2v) is 9.14. The van der Waals surface area contributed by atoms with E-state index in [0.717, 1.165) is 37.8 Å². The number of likely N-dealkylation sites (tertiary alicyclic amines) is 1. The maximum Gasteiger partial charge on any atom is 0.253 e. The van der Waals surface area contributed by atoms with Crippen LogP contribution >= 0.6 is 11.6 Å². The van der Waals surface area contributed by atoms with Crippen molar-refractivity contribution in [3.05, 3.63) is 47.1 Å². The molecule has 1 aromatic carbocycles. The molecule has 176 valence electrons. The Bertz CT molecular complexity index is 982. The molecule has 2 aromatic rings. The quantitative estimate of drug-likeness (QED) is 0.571. The number of pyridine rings is 1. The van der Waals surface area contributed by atoms with Crippen LogP contribution in [0.2, 0.25) is 5.02 Å². The largest absolute Gasteiger partial charge is 0.477 e. The normalized spacial score (nSPS) is 20.7. The third kappa shape index (κ3) is 6.03. The van der Waals surface area contributed by atoms with Crippen molar-refractivity contribution in [2.24, 2.45) is 0 Å². The van der Waals surface area contributed by atoms with E-state index in [1.54, 1.807) is 18.2 Å². The molecule has 2 N–H and O–H groups in total. The number of nitrogens with one attached hydrogen (secondary N) is 1. The maximum atomic E-state index is 12.9. The number of amides is 2. The molecule has 1 saturated carbocycles. The van der Waals surface area contributed by atoms with Gasteiger partial charge in [0.25, 0.3) is 5.91 Å². The van der Waals surface area contributed by atoms with Gasteiger partial charge in [-0.15, -0.1) is 0 Å². The molecular formula is C25H30ClN3O4. The van der Waals surface area contributed by atoms with Crippen LogP contribution < -0.4 is 10.1 Å². The maximum absolute atomic E-state index is 12.9. The molecule has 2 fully saturated rings. The Hall–Kier alpha value is -2.64. The fourth-order valence-corrected chi connectivity index (χ4v) is 4.55. The molecular weight excluding hydrogens is 442 g/mol. The van der Waals surface area contributed by atoms with Gasteiger partial charge in [-0.25, -0.2) is 4.98 Å². The molecule has 1 aliphatic heterocycles. The summed E-state index contributed by atoms with van der Waals surface area (Å²) in [4.78, 5) is 31.0. The first-order chi connectivity index (χ1) is 16.0. The molecule has 7 nitrogen and oxygen atoms in total. The van der Waals surface area contributed by atoms with Gasteiger partial charge in [0.2, 0.25) is 11.8 Å². The average Bonchev–Trinajstić information content (AvgIpc) is 3.23. The number of aliphatic hydroxyl groups excluding tert-OH is 1. The fraction of sp³-hybridized carbons (Fsp3) is 0.480. The molecule has 0 unspecified atom stereocenters. The van der Waals surface area contributed by atoms with E-state index >= 15 is 0 Å². The van der Waals surface area contributed by atoms with Crippen molar-refractivity contribution < 1.29 is 19.4 Å². The summed E-state index contributed by atoms with van der Waals surface area (Å²) < 4.78 is 5.96. The minimum absolute atomic E-state index is 0.202. The van der Waals surface area contributed by atoms with Gasteiger partial charge in [0.1, 0.15) is 0 Å². The number of halogens is 1. The summed E-state index contributed by atoms with van der Waals surface area (Å²) >= 11 is 6.05. The van der Waals surface area contributed by atoms with Crippen molar-refractivity contribution in [3.63, 3.8) is 0 Å². The number of nitrogens with zero attached hydrogens (tertiary/aromatic N) is 2. The second kappa shape index (κ2) is 11.0. The number of hydrogen-bond acceptors (Lipinski definition) is 5. The van der Waals surface area contributed by atoms with Crippen LogP contribution in [0.25, 0.3) is 11.1 Å². The molecule has 1 saturated heterocycles. The Labute approximate surface area is 199 Å². The van der Waals surface area contributed by atoms with E-state index in [4.69, 9.17) is 16.3 Å². The van der Waals surface area contributed by atoms with E-state index in [9.17, 15) is 14.7 Å². The summed E-state index contributed by atoms with van der Waals surface area (Å²) in [5.41, 5.74) is 1.94. The number of aliphatic hydroxyl groups is 1. The molecule has 2 atom stereocenters. The van der Waals surface area contributed by atoms with E-state index in [1.165, 1.54) is 6.20 Å². The smallest absolute Gasteiger partial charge is 0.253 e. The summed E-state index contributed by atoms with van der Waals surface area (Å²) in [7, 11) is 0. The van der Waals surface area contributed by atoms with Gasteiger partial charge in [-0.05, 0) is 49.4 Å². The van der Waals surface area contributed by atoms with Gasteiger partial charge in [-0.3, -0.25) is 9.59 Å². The molecule has 1 aliphatic carbocycles. The molecule has 1 aromatic heterocycles. The number of ether oxygens (including phenoxy) is 1. The second-order valence-electron chi connectivity index (χ2n) is 8.70. The zero-order valence-corrected chi connectivity index (χ0v) is 19.4. The van der Waals surface area contributed by atoms with Gasteiger partial charge < -0.3 is 20.1 Å². The van der Waals surface area contributed by atoms with Crippen molar-refractivity contribution in [2.45, 2.75) is 57.1 Å². The topological polar surface area (TPSA) is 91.8 Å². The molecule has 33 heavy (non-hydrogen) atoms. The molecule has 0 spiro atoms. The standard InChI is InChI=1S/C25H30ClN3O4/c26-19-10-8-17(9-11-19)20-15-18(24(32)28-21-5-1-2-6-22(21)30)16-27-25(20)33-14-4-13-29-12-3-7-23(29)31/h8-11,15-16,21-22,30H,1-7,12-14H2,(H,28,32)/t21-,22-/m1/s1. The number of carbonyl (C=O) groups excluding carboxylic acids is 2. The Balaban J connectivity index is 1.47. The number of benzene rings is 1. The summed E-state index contributed by atoms with van der Waals surface area (Å²) in [6, 6.07) is 8.81. The zero-order chi connectivity index (χ0) is 23.2. The van der Waals surface area contributed by atoms with E-state index < -0.39 is 6.10 Å². The van der Waals surface area contributed by atoms with Crippen LogP contribution in [0.1, 0.15) is 55.3 Å². The average molecular weight is 472 g/mol. The van der Waals surface area contributed by atoms with Gasteiger partial charge in [0.05, 0.1) is 24.3 Å². The minimum Gasteiger partial charge on any atom is -0.477 e. The molecule has 4 rings (SSSR count). The monoisotopic (exact) mass is 471 g/mol. The van der Waals surface area contributed by atoms with Crippen molar-refractivity contribution in [1.82, 2.24) is 15.2 Å². The first-order valence-electron chi connectivity index (χ1n) is 11.7. The van der Waals surface area contributed by atoms with Gasteiger partial charge in [-0.2, -0.15) is 0 Å². The van der Waals surface area contributed by atoms with Crippen LogP contribution in [0, 0.1) is 0 Å². The minimum atomic E-state index is -0.517. The number of hydrogen-bond donors (Lipinski definition) is 2. The summed E-state index contributed by atoms with van der Waals surface area (Å²) in [5.74, 6) is 0.371. The van der Waals surface area contributed by atoms with E-state index in [2.05, 4.69) is 10.3 Å². The van der Waals surface area contributed by atoms with Crippen LogP contribution in [-0.4, -0.2) is 58.6 Å². The molecule has 0 bridgehead atoms. The third-order valence-electron chi connectivity index (χ3n) is 6.30. The zero-order valence-electron chi connectivity index (χ0n) is 18.6. The summed E-state index contributed by atoms with van der Waals surface area (Å²) in [5, 5.41) is 13.8. The lowest BCUT2D eigenvalue weighted by atomic mass is 9.92. The molecule has 2 heterocycles. The third-order valence-corrected chi connectivity index (χ3v) is 6.55. The van der Waals surface area contributed by atoms with Crippen molar-refractivity contribution in [2.75, 3.05) is 19.7 Å². The Morgan fingerprint density at radius 3 is 2.73 bits per heavy atom. The van der Waals surface area contributed by atoms with Gasteiger partial charge in [0, 0.05) is 36.3 Å². The van der Waals surface area contributed by atoms with E-state index in [0.29, 0.717) is 54.4 Å². The van der Waals surface area contributed by atoms with Gasteiger partial charge >= 0.3 is 0 Å². The lowest BCUT2D eigenvalue weighted by molar-refractivity contribution is -0.127. The highest BCUT2D eigenvalue weighted by molar-refractivity contribution is 6.30. The highest BCUT2D eigenvalue weighted by atomic mass is 35.5. The van der Waals surface area contributed by atoms with Crippen molar-refractivity contribution in [1.29, 1.82) is 0 Å². The molecule has 8 heteroatoms. The van der Waals surface area contributed by atoms with Crippen molar-refractivity contribution in [3.8, 4) is 17.0 Å². The van der Waals surface area contributed by atoms with E-state index in [-0.39, 0.29) is 17.9 Å². The molecule has 2 amide bonds. The number of rotatable bonds is 8. The SMILES string of the molecule is O=C(N[C@@H]1CCCC[C@H]1O)c1cnc(OCCCN2CCCC2=O)c(-c2ccc(Cl)cc2)c1. The lowest BCUT2D eigenvalue weighted by Crippen LogP contribution is -2.45. The predicted molar refractivity (Wildman–Crippen MR) is 126 cm³/mol. The fourth-order valence-electron chi connectivity index (χ4n) is 4.42. The van der Waals surface area contributed by atoms with Gasteiger partial charge in [-0.1, -0.05) is 36.6 Å². The Kier molecular flexibility index (Phi) is 7.83. The number of carbonyl (C=O) groups is 2. The molecule has 0 radical (unpaired) electrons. The Morgan fingerprint density at radius 2 is 2.00 bits per heavy atom. The first-order valence-corrected chi connectivity index (χ1v) is 12.0. The van der Waals surface area contributed by atoms with Crippen molar-refractivity contribution >= 4 is 23.4 Å². The summed E-state index contributed by atoms with van der Waals surface area (Å²) in [6.07, 6.45) is 6.68. The van der Waals surface area contributed by atoms with E-state index in [1.807, 2.05) is 17.0 Å². The van der Waals surface area contributed by atoms with Crippen LogP contribution in [0.4, 0.5) is 0 Å². The highest BCUT2D eigenvalue weighted by Crippen LogP contribution is 2.30. The lowest BCUT2D eigenvalue weighted by Gasteiger charge is -2.28. The summed E-state index contributed by atoms with van der Waals surface area (Å²) in [6.45, 7) is 1.89. The Morgan fingerprint density at radius 1 is 1.21 bits per heavy atom. The highest BCUT2D eigenvalue weighted by Gasteiger charge is 2.25.